The SMILES string of the molecule is O=C(Nc1ccccc1OCc1cscn1)C1CCN(C(=O)c2ccc(C(F)(F)F)cc2)CC1. The fourth-order valence-electron chi connectivity index (χ4n) is 3.72. The Bertz CT molecular complexity index is 1130. The molecule has 6 nitrogen and oxygen atoms in total. The normalized spacial score (nSPS) is 14.6. The summed E-state index contributed by atoms with van der Waals surface area (Å²) < 4.78 is 44.0. The highest BCUT2D eigenvalue weighted by Gasteiger charge is 2.31. The minimum Gasteiger partial charge on any atom is -0.485 e. The standard InChI is InChI=1S/C24H22F3N3O3S/c25-24(26,27)18-7-5-17(6-8-18)23(32)30-11-9-16(10-12-30)22(31)29-20-3-1-2-4-21(20)33-13-19-14-34-15-28-19/h1-8,14-16H,9-13H2,(H,29,31). The average Bonchev–Trinajstić information content (AvgIpc) is 3.36. The van der Waals surface area contributed by atoms with Crippen molar-refractivity contribution in [1.29, 1.82) is 0 Å². The Balaban J connectivity index is 1.31. The van der Waals surface area contributed by atoms with E-state index in [0.717, 1.165) is 17.8 Å². The molecule has 178 valence electrons. The van der Waals surface area contributed by atoms with Crippen molar-refractivity contribution in [3.8, 4) is 5.75 Å². The molecule has 1 aliphatic heterocycles. The molecule has 34 heavy (non-hydrogen) atoms. The van der Waals surface area contributed by atoms with Crippen molar-refractivity contribution in [2.24, 2.45) is 5.92 Å². The number of rotatable bonds is 6. The van der Waals surface area contributed by atoms with Crippen molar-refractivity contribution in [1.82, 2.24) is 9.88 Å². The summed E-state index contributed by atoms with van der Waals surface area (Å²) in [6.45, 7) is 0.987. The minimum atomic E-state index is -4.45. The van der Waals surface area contributed by atoms with Gasteiger partial charge in [-0.3, -0.25) is 9.59 Å². The van der Waals surface area contributed by atoms with Crippen LogP contribution in [0.3, 0.4) is 0 Å². The zero-order valence-corrected chi connectivity index (χ0v) is 18.9. The third-order valence-electron chi connectivity index (χ3n) is 5.62. The van der Waals surface area contributed by atoms with E-state index in [1.54, 1.807) is 28.6 Å². The molecule has 2 heterocycles. The molecule has 0 unspecified atom stereocenters. The number of nitrogens with zero attached hydrogens (tertiary/aromatic N) is 2. The number of hydrogen-bond acceptors (Lipinski definition) is 5. The van der Waals surface area contributed by atoms with Crippen LogP contribution in [-0.2, 0) is 17.6 Å². The Morgan fingerprint density at radius 1 is 1.09 bits per heavy atom. The van der Waals surface area contributed by atoms with Crippen LogP contribution in [0.2, 0.25) is 0 Å². The highest BCUT2D eigenvalue weighted by atomic mass is 32.1. The van der Waals surface area contributed by atoms with Crippen LogP contribution in [0, 0.1) is 5.92 Å². The van der Waals surface area contributed by atoms with Gasteiger partial charge in [0.05, 0.1) is 22.5 Å². The maximum Gasteiger partial charge on any atom is 0.416 e. The third kappa shape index (κ3) is 5.74. The number of anilines is 1. The number of halogens is 3. The number of benzene rings is 2. The minimum absolute atomic E-state index is 0.161. The number of carbonyl (C=O) groups excluding carboxylic acids is 2. The smallest absolute Gasteiger partial charge is 0.416 e. The second-order valence-corrected chi connectivity index (χ2v) is 8.61. The van der Waals surface area contributed by atoms with Gasteiger partial charge in [-0.05, 0) is 49.2 Å². The second-order valence-electron chi connectivity index (χ2n) is 7.90. The number of ether oxygens (including phenoxy) is 1. The topological polar surface area (TPSA) is 71.5 Å². The van der Waals surface area contributed by atoms with E-state index in [1.807, 2.05) is 11.4 Å². The molecular weight excluding hydrogens is 467 g/mol. The summed E-state index contributed by atoms with van der Waals surface area (Å²) in [6, 6.07) is 11.3. The number of nitrogens with one attached hydrogen (secondary N) is 1. The number of amides is 2. The van der Waals surface area contributed by atoms with E-state index in [0.29, 0.717) is 44.0 Å². The number of aromatic nitrogens is 1. The molecular formula is C24H22F3N3O3S. The van der Waals surface area contributed by atoms with Gasteiger partial charge in [-0.2, -0.15) is 13.2 Å². The first-order valence-corrected chi connectivity index (χ1v) is 11.6. The van der Waals surface area contributed by atoms with Gasteiger partial charge in [0.2, 0.25) is 5.91 Å². The van der Waals surface area contributed by atoms with Crippen molar-refractivity contribution in [2.45, 2.75) is 25.6 Å². The quantitative estimate of drug-likeness (QED) is 0.515. The van der Waals surface area contributed by atoms with E-state index >= 15 is 0 Å². The molecule has 2 aromatic carbocycles. The van der Waals surface area contributed by atoms with E-state index in [1.165, 1.54) is 23.5 Å². The largest absolute Gasteiger partial charge is 0.485 e. The van der Waals surface area contributed by atoms with Crippen LogP contribution in [0.1, 0.15) is 34.5 Å². The lowest BCUT2D eigenvalue weighted by atomic mass is 9.95. The van der Waals surface area contributed by atoms with E-state index in [-0.39, 0.29) is 23.3 Å². The molecule has 0 bridgehead atoms. The predicted octanol–water partition coefficient (Wildman–Crippen LogP) is 5.23. The summed E-state index contributed by atoms with van der Waals surface area (Å²) in [6.07, 6.45) is -3.53. The van der Waals surface area contributed by atoms with Gasteiger partial charge in [-0.25, -0.2) is 4.98 Å². The molecule has 0 spiro atoms. The highest BCUT2D eigenvalue weighted by molar-refractivity contribution is 7.07. The lowest BCUT2D eigenvalue weighted by Gasteiger charge is -2.31. The first-order chi connectivity index (χ1) is 16.3. The fraction of sp³-hybridized carbons (Fsp3) is 0.292. The summed E-state index contributed by atoms with van der Waals surface area (Å²) in [4.78, 5) is 31.3. The molecule has 10 heteroatoms. The summed E-state index contributed by atoms with van der Waals surface area (Å²) in [5, 5.41) is 4.80. The number of likely N-dealkylation sites (tertiary alicyclic amines) is 1. The summed E-state index contributed by atoms with van der Waals surface area (Å²) in [5.41, 5.74) is 2.49. The molecule has 1 aromatic heterocycles. The Morgan fingerprint density at radius 3 is 2.44 bits per heavy atom. The molecule has 0 saturated carbocycles. The van der Waals surface area contributed by atoms with Gasteiger partial charge in [0.1, 0.15) is 12.4 Å². The predicted molar refractivity (Wildman–Crippen MR) is 122 cm³/mol. The molecule has 1 aliphatic rings. The molecule has 3 aromatic rings. The molecule has 2 amide bonds. The number of thiazole rings is 1. The van der Waals surface area contributed by atoms with Gasteiger partial charge in [0.15, 0.2) is 0 Å². The number of carbonyl (C=O) groups is 2. The number of para-hydroxylation sites is 2. The summed E-state index contributed by atoms with van der Waals surface area (Å²) in [7, 11) is 0. The first kappa shape index (κ1) is 23.7. The average molecular weight is 490 g/mol. The van der Waals surface area contributed by atoms with Crippen LogP contribution < -0.4 is 10.1 Å². The van der Waals surface area contributed by atoms with Crippen molar-refractivity contribution >= 4 is 28.8 Å². The fourth-order valence-corrected chi connectivity index (χ4v) is 4.26. The van der Waals surface area contributed by atoms with E-state index < -0.39 is 11.7 Å². The maximum absolute atomic E-state index is 12.8. The van der Waals surface area contributed by atoms with Crippen LogP contribution in [0.15, 0.2) is 59.4 Å². The van der Waals surface area contributed by atoms with Crippen molar-refractivity contribution < 1.29 is 27.5 Å². The van der Waals surface area contributed by atoms with Crippen molar-refractivity contribution in [2.75, 3.05) is 18.4 Å². The number of alkyl halides is 3. The Labute approximate surface area is 198 Å². The summed E-state index contributed by atoms with van der Waals surface area (Å²) >= 11 is 1.48. The van der Waals surface area contributed by atoms with Gasteiger partial charge in [-0.1, -0.05) is 12.1 Å². The third-order valence-corrected chi connectivity index (χ3v) is 6.25. The van der Waals surface area contributed by atoms with Crippen molar-refractivity contribution in [3.63, 3.8) is 0 Å². The van der Waals surface area contributed by atoms with Crippen molar-refractivity contribution in [3.05, 3.63) is 76.2 Å². The second kappa shape index (κ2) is 10.3. The summed E-state index contributed by atoms with van der Waals surface area (Å²) in [5.74, 6) is -0.248. The Morgan fingerprint density at radius 2 is 1.79 bits per heavy atom. The van der Waals surface area contributed by atoms with Gasteiger partial charge >= 0.3 is 6.18 Å². The van der Waals surface area contributed by atoms with Crippen LogP contribution >= 0.6 is 11.3 Å². The van der Waals surface area contributed by atoms with Gasteiger partial charge in [0.25, 0.3) is 5.91 Å². The van der Waals surface area contributed by atoms with E-state index in [2.05, 4.69) is 10.3 Å². The molecule has 1 fully saturated rings. The monoisotopic (exact) mass is 489 g/mol. The Hall–Kier alpha value is -3.40. The van der Waals surface area contributed by atoms with E-state index in [9.17, 15) is 22.8 Å². The van der Waals surface area contributed by atoms with Crippen LogP contribution in [0.25, 0.3) is 0 Å². The number of hydrogen-bond donors (Lipinski definition) is 1. The van der Waals surface area contributed by atoms with E-state index in [4.69, 9.17) is 4.74 Å². The Kier molecular flexibility index (Phi) is 7.16. The molecule has 0 radical (unpaired) electrons. The number of piperidine rings is 1. The molecule has 0 aliphatic carbocycles. The zero-order chi connectivity index (χ0) is 24.1. The van der Waals surface area contributed by atoms with Gasteiger partial charge < -0.3 is 15.0 Å². The zero-order valence-electron chi connectivity index (χ0n) is 18.0. The van der Waals surface area contributed by atoms with Gasteiger partial charge in [0, 0.05) is 30.0 Å². The maximum atomic E-state index is 12.8. The molecule has 1 saturated heterocycles. The molecule has 4 rings (SSSR count). The highest BCUT2D eigenvalue weighted by Crippen LogP contribution is 2.30. The lowest BCUT2D eigenvalue weighted by molar-refractivity contribution is -0.137. The molecule has 1 N–H and O–H groups in total. The van der Waals surface area contributed by atoms with Crippen LogP contribution in [-0.4, -0.2) is 34.8 Å². The van der Waals surface area contributed by atoms with Crippen LogP contribution in [0.5, 0.6) is 5.75 Å². The van der Waals surface area contributed by atoms with Gasteiger partial charge in [-0.15, -0.1) is 11.3 Å². The van der Waals surface area contributed by atoms with Crippen LogP contribution in [0.4, 0.5) is 18.9 Å². The molecule has 0 atom stereocenters. The first-order valence-electron chi connectivity index (χ1n) is 10.7. The lowest BCUT2D eigenvalue weighted by Crippen LogP contribution is -2.41.